The van der Waals surface area contributed by atoms with Gasteiger partial charge in [0.2, 0.25) is 0 Å². The van der Waals surface area contributed by atoms with E-state index in [-0.39, 0.29) is 11.9 Å². The van der Waals surface area contributed by atoms with Crippen LogP contribution in [0.5, 0.6) is 0 Å². The van der Waals surface area contributed by atoms with Crippen LogP contribution in [0, 0.1) is 0 Å². The summed E-state index contributed by atoms with van der Waals surface area (Å²) >= 11 is 0. The van der Waals surface area contributed by atoms with Gasteiger partial charge in [-0.25, -0.2) is 4.39 Å². The fraction of sp³-hybridized carbons (Fsp3) is 0.480. The van der Waals surface area contributed by atoms with Crippen molar-refractivity contribution in [2.45, 2.75) is 71.8 Å². The number of para-hydroxylation sites is 1. The lowest BCUT2D eigenvalue weighted by atomic mass is 9.98. The van der Waals surface area contributed by atoms with Crippen molar-refractivity contribution >= 4 is 11.9 Å². The molecule has 2 nitrogen and oxygen atoms in total. The van der Waals surface area contributed by atoms with E-state index in [2.05, 4.69) is 42.9 Å². The molecule has 0 spiro atoms. The average Bonchev–Trinajstić information content (AvgIpc) is 2.72. The van der Waals surface area contributed by atoms with Crippen LogP contribution < -0.4 is 4.90 Å². The number of hydrogen-bond acceptors (Lipinski definition) is 2. The number of allylic oxidation sites excluding steroid dienone is 4. The highest BCUT2D eigenvalue weighted by Crippen LogP contribution is 2.26. The van der Waals surface area contributed by atoms with Crippen LogP contribution >= 0.6 is 0 Å². The molecule has 28 heavy (non-hydrogen) atoms. The van der Waals surface area contributed by atoms with E-state index in [0.29, 0.717) is 0 Å². The van der Waals surface area contributed by atoms with E-state index in [1.807, 2.05) is 31.3 Å². The molecule has 1 unspecified atom stereocenters. The highest BCUT2D eigenvalue weighted by atomic mass is 19.1. The van der Waals surface area contributed by atoms with Gasteiger partial charge >= 0.3 is 0 Å². The molecule has 1 aromatic carbocycles. The topological polar surface area (TPSA) is 15.6 Å². The largest absolute Gasteiger partial charge is 0.368 e. The van der Waals surface area contributed by atoms with E-state index in [4.69, 9.17) is 0 Å². The van der Waals surface area contributed by atoms with Crippen LogP contribution in [0.15, 0.2) is 71.2 Å². The van der Waals surface area contributed by atoms with Crippen LogP contribution in [0.2, 0.25) is 0 Å². The second kappa shape index (κ2) is 14.8. The van der Waals surface area contributed by atoms with Gasteiger partial charge in [-0.1, -0.05) is 70.2 Å². The van der Waals surface area contributed by atoms with Gasteiger partial charge < -0.3 is 4.90 Å². The standard InChI is InChI=1S/C25H37FN2/c1-5-7-9-13-19-25(28(4)23-16-11-10-12-17-23)22(3)24(26)18-14-15-21-27-20-8-6-2/h10-12,14-18,20-21,25H,5-9,13,19H2,1-4H3/b18-14-,21-15+,24-22-,27-20?. The summed E-state index contributed by atoms with van der Waals surface area (Å²) in [6.07, 6.45) is 16.4. The molecule has 0 aliphatic rings. The third kappa shape index (κ3) is 9.16. The molecule has 0 amide bonds. The second-order valence-electron chi connectivity index (χ2n) is 7.16. The van der Waals surface area contributed by atoms with Crippen LogP contribution in [-0.2, 0) is 0 Å². The maximum absolute atomic E-state index is 14.8. The van der Waals surface area contributed by atoms with Crippen molar-refractivity contribution in [3.8, 4) is 0 Å². The van der Waals surface area contributed by atoms with Crippen LogP contribution in [0.1, 0.15) is 65.7 Å². The maximum Gasteiger partial charge on any atom is 0.124 e. The number of aliphatic imine (C=N–C) groups is 1. The highest BCUT2D eigenvalue weighted by Gasteiger charge is 2.19. The zero-order chi connectivity index (χ0) is 20.6. The Bertz CT molecular complexity index is 644. The molecule has 0 heterocycles. The van der Waals surface area contributed by atoms with E-state index < -0.39 is 0 Å². The first-order chi connectivity index (χ1) is 13.6. The number of hydrogen-bond donors (Lipinski definition) is 0. The first-order valence-electron chi connectivity index (χ1n) is 10.6. The summed E-state index contributed by atoms with van der Waals surface area (Å²) in [5.74, 6) is -0.162. The summed E-state index contributed by atoms with van der Waals surface area (Å²) in [4.78, 5) is 6.35. The van der Waals surface area contributed by atoms with Crippen molar-refractivity contribution in [1.29, 1.82) is 0 Å². The van der Waals surface area contributed by atoms with Gasteiger partial charge in [0.1, 0.15) is 5.83 Å². The number of benzene rings is 1. The summed E-state index contributed by atoms with van der Waals surface area (Å²) in [7, 11) is 2.06. The number of unbranched alkanes of at least 4 members (excludes halogenated alkanes) is 4. The minimum absolute atomic E-state index is 0.0514. The SMILES string of the molecule is CCCC=N/C=C/C=C\C(F)=C(/C)C(CCCCCC)N(C)c1ccccc1. The lowest BCUT2D eigenvalue weighted by Gasteiger charge is -2.31. The van der Waals surface area contributed by atoms with Crippen molar-refractivity contribution in [1.82, 2.24) is 0 Å². The highest BCUT2D eigenvalue weighted by molar-refractivity contribution is 5.57. The molecular formula is C25H37FN2. The fourth-order valence-corrected chi connectivity index (χ4v) is 3.10. The van der Waals surface area contributed by atoms with Crippen LogP contribution in [0.4, 0.5) is 10.1 Å². The fourth-order valence-electron chi connectivity index (χ4n) is 3.10. The number of nitrogens with zero attached hydrogens (tertiary/aromatic N) is 2. The van der Waals surface area contributed by atoms with E-state index in [1.165, 1.54) is 19.3 Å². The average molecular weight is 385 g/mol. The molecule has 1 rings (SSSR count). The van der Waals surface area contributed by atoms with Gasteiger partial charge in [-0.2, -0.15) is 0 Å². The first kappa shape index (κ1) is 23.9. The van der Waals surface area contributed by atoms with Crippen molar-refractivity contribution in [2.24, 2.45) is 4.99 Å². The Balaban J connectivity index is 2.88. The van der Waals surface area contributed by atoms with Gasteiger partial charge in [-0.3, -0.25) is 4.99 Å². The predicted molar refractivity (Wildman–Crippen MR) is 123 cm³/mol. The number of halogens is 1. The molecule has 0 aliphatic carbocycles. The predicted octanol–water partition coefficient (Wildman–Crippen LogP) is 7.65. The van der Waals surface area contributed by atoms with Crippen molar-refractivity contribution in [3.05, 3.63) is 66.2 Å². The Morgan fingerprint density at radius 2 is 1.82 bits per heavy atom. The summed E-state index contributed by atoms with van der Waals surface area (Å²) in [6.45, 7) is 6.24. The molecule has 154 valence electrons. The quantitative estimate of drug-likeness (QED) is 0.194. The van der Waals surface area contributed by atoms with Crippen molar-refractivity contribution in [2.75, 3.05) is 11.9 Å². The van der Waals surface area contributed by atoms with Crippen molar-refractivity contribution < 1.29 is 4.39 Å². The third-order valence-corrected chi connectivity index (χ3v) is 4.89. The molecule has 0 saturated carbocycles. The molecule has 3 heteroatoms. The summed E-state index contributed by atoms with van der Waals surface area (Å²) < 4.78 is 14.8. The molecule has 0 aliphatic heterocycles. The third-order valence-electron chi connectivity index (χ3n) is 4.89. The Labute approximate surface area is 171 Å². The van der Waals surface area contributed by atoms with Gasteiger partial charge in [-0.05, 0) is 49.6 Å². The second-order valence-corrected chi connectivity index (χ2v) is 7.16. The monoisotopic (exact) mass is 384 g/mol. The minimum atomic E-state index is -0.162. The van der Waals surface area contributed by atoms with Gasteiger partial charge in [-0.15, -0.1) is 0 Å². The molecule has 0 N–H and O–H groups in total. The van der Waals surface area contributed by atoms with Crippen LogP contribution in [0.3, 0.4) is 0 Å². The number of likely N-dealkylation sites (N-methyl/N-ethyl adjacent to an activating group) is 1. The molecular weight excluding hydrogens is 347 g/mol. The summed E-state index contributed by atoms with van der Waals surface area (Å²) in [5.41, 5.74) is 1.89. The smallest absolute Gasteiger partial charge is 0.124 e. The van der Waals surface area contributed by atoms with Crippen molar-refractivity contribution in [3.63, 3.8) is 0 Å². The summed E-state index contributed by atoms with van der Waals surface area (Å²) in [6, 6.07) is 10.3. The van der Waals surface area contributed by atoms with E-state index in [1.54, 1.807) is 24.4 Å². The molecule has 1 atom stereocenters. The van der Waals surface area contributed by atoms with E-state index in [0.717, 1.165) is 36.9 Å². The Hall–Kier alpha value is -2.16. The van der Waals surface area contributed by atoms with Gasteiger partial charge in [0.15, 0.2) is 0 Å². The first-order valence-corrected chi connectivity index (χ1v) is 10.6. The number of rotatable bonds is 13. The lowest BCUT2D eigenvalue weighted by molar-refractivity contribution is 0.550. The number of anilines is 1. The Morgan fingerprint density at radius 1 is 1.07 bits per heavy atom. The zero-order valence-electron chi connectivity index (χ0n) is 18.1. The van der Waals surface area contributed by atoms with Gasteiger partial charge in [0.25, 0.3) is 0 Å². The van der Waals surface area contributed by atoms with E-state index >= 15 is 0 Å². The lowest BCUT2D eigenvalue weighted by Crippen LogP contribution is -2.33. The van der Waals surface area contributed by atoms with Gasteiger partial charge in [0, 0.05) is 25.1 Å². The molecule has 0 radical (unpaired) electrons. The van der Waals surface area contributed by atoms with Crippen LogP contribution in [-0.4, -0.2) is 19.3 Å². The summed E-state index contributed by atoms with van der Waals surface area (Å²) in [5, 5.41) is 0. The van der Waals surface area contributed by atoms with Crippen LogP contribution in [0.25, 0.3) is 0 Å². The maximum atomic E-state index is 14.8. The Morgan fingerprint density at radius 3 is 2.50 bits per heavy atom. The van der Waals surface area contributed by atoms with Gasteiger partial charge in [0.05, 0.1) is 6.04 Å². The Kier molecular flexibility index (Phi) is 12.7. The zero-order valence-corrected chi connectivity index (χ0v) is 18.1. The normalized spacial score (nSPS) is 14.2. The molecule has 0 fully saturated rings. The molecule has 0 bridgehead atoms. The van der Waals surface area contributed by atoms with E-state index in [9.17, 15) is 4.39 Å². The molecule has 0 saturated heterocycles. The molecule has 0 aromatic heterocycles. The molecule has 1 aromatic rings. The minimum Gasteiger partial charge on any atom is -0.368 e.